The summed E-state index contributed by atoms with van der Waals surface area (Å²) in [5.41, 5.74) is 2.86. The van der Waals surface area contributed by atoms with Crippen LogP contribution >= 0.6 is 11.6 Å². The van der Waals surface area contributed by atoms with Gasteiger partial charge in [0.25, 0.3) is 0 Å². The van der Waals surface area contributed by atoms with Crippen molar-refractivity contribution >= 4 is 22.6 Å². The molecule has 1 N–H and O–H groups in total. The first-order chi connectivity index (χ1) is 9.24. The molecule has 4 heteroatoms. The van der Waals surface area contributed by atoms with E-state index in [1.165, 1.54) is 0 Å². The van der Waals surface area contributed by atoms with Crippen LogP contribution in [-0.4, -0.2) is 15.1 Å². The van der Waals surface area contributed by atoms with Crippen molar-refractivity contribution in [2.75, 3.05) is 0 Å². The normalized spacial score (nSPS) is 12.5. The van der Waals surface area contributed by atoms with Gasteiger partial charge in [-0.1, -0.05) is 35.9 Å². The largest absolute Gasteiger partial charge is 0.382 e. The number of benzene rings is 2. The Labute approximate surface area is 115 Å². The molecular weight excluding hydrogens is 260 g/mol. The molecule has 19 heavy (non-hydrogen) atoms. The molecule has 0 aliphatic heterocycles. The van der Waals surface area contributed by atoms with E-state index in [0.717, 1.165) is 16.6 Å². The summed E-state index contributed by atoms with van der Waals surface area (Å²) in [6.45, 7) is 0. The van der Waals surface area contributed by atoms with Crippen LogP contribution in [0.3, 0.4) is 0 Å². The molecule has 0 saturated heterocycles. The first-order valence-corrected chi connectivity index (χ1v) is 6.27. The van der Waals surface area contributed by atoms with Crippen molar-refractivity contribution in [2.45, 2.75) is 6.10 Å². The lowest BCUT2D eigenvalue weighted by Crippen LogP contribution is -2.03. The van der Waals surface area contributed by atoms with Gasteiger partial charge in [0.1, 0.15) is 6.10 Å². The highest BCUT2D eigenvalue weighted by atomic mass is 35.5. The Kier molecular flexibility index (Phi) is 3.15. The minimum atomic E-state index is -0.797. The van der Waals surface area contributed by atoms with Gasteiger partial charge in [-0.2, -0.15) is 0 Å². The minimum Gasteiger partial charge on any atom is -0.382 e. The van der Waals surface area contributed by atoms with Crippen LogP contribution in [0.5, 0.6) is 0 Å². The molecule has 0 saturated carbocycles. The van der Waals surface area contributed by atoms with Crippen LogP contribution < -0.4 is 0 Å². The van der Waals surface area contributed by atoms with Crippen molar-refractivity contribution in [2.24, 2.45) is 0 Å². The molecule has 1 atom stereocenters. The highest BCUT2D eigenvalue weighted by Crippen LogP contribution is 2.22. The molecule has 3 aromatic rings. The predicted octanol–water partition coefficient (Wildman–Crippen LogP) is 3.36. The second kappa shape index (κ2) is 4.96. The number of hydrogen-bond donors (Lipinski definition) is 1. The van der Waals surface area contributed by atoms with Crippen molar-refractivity contribution in [1.29, 1.82) is 0 Å². The Bertz CT molecular complexity index is 713. The van der Waals surface area contributed by atoms with Gasteiger partial charge in [-0.25, -0.2) is 4.98 Å². The van der Waals surface area contributed by atoms with E-state index in [-0.39, 0.29) is 0 Å². The van der Waals surface area contributed by atoms with Crippen LogP contribution in [0.2, 0.25) is 5.02 Å². The van der Waals surface area contributed by atoms with Gasteiger partial charge in [0.2, 0.25) is 0 Å². The highest BCUT2D eigenvalue weighted by molar-refractivity contribution is 6.30. The standard InChI is InChI=1S/C15H11ClN2O/c16-11-7-5-10(6-8-11)15(19)14-9-17-12-3-1-2-4-13(12)18-14/h1-9,15,19H. The van der Waals surface area contributed by atoms with E-state index in [9.17, 15) is 5.11 Å². The number of aromatic nitrogens is 2. The van der Waals surface area contributed by atoms with Gasteiger partial charge in [0.05, 0.1) is 22.9 Å². The Balaban J connectivity index is 2.01. The molecule has 3 nitrogen and oxygen atoms in total. The van der Waals surface area contributed by atoms with E-state index in [1.54, 1.807) is 30.5 Å². The zero-order valence-electron chi connectivity index (χ0n) is 9.99. The average molecular weight is 271 g/mol. The van der Waals surface area contributed by atoms with Crippen LogP contribution in [0.1, 0.15) is 17.4 Å². The van der Waals surface area contributed by atoms with Crippen LogP contribution in [0, 0.1) is 0 Å². The molecule has 94 valence electrons. The Hall–Kier alpha value is -1.97. The van der Waals surface area contributed by atoms with Crippen molar-refractivity contribution in [3.05, 3.63) is 71.0 Å². The number of halogens is 1. The van der Waals surface area contributed by atoms with Gasteiger partial charge >= 0.3 is 0 Å². The van der Waals surface area contributed by atoms with E-state index in [4.69, 9.17) is 11.6 Å². The molecule has 0 radical (unpaired) electrons. The third-order valence-corrected chi connectivity index (χ3v) is 3.19. The number of aliphatic hydroxyl groups excluding tert-OH is 1. The van der Waals surface area contributed by atoms with Gasteiger partial charge in [-0.3, -0.25) is 4.98 Å². The molecule has 0 aliphatic carbocycles. The molecule has 1 unspecified atom stereocenters. The third-order valence-electron chi connectivity index (χ3n) is 2.93. The van der Waals surface area contributed by atoms with Gasteiger partial charge in [-0.15, -0.1) is 0 Å². The zero-order valence-corrected chi connectivity index (χ0v) is 10.7. The Morgan fingerprint density at radius 3 is 2.37 bits per heavy atom. The fraction of sp³-hybridized carbons (Fsp3) is 0.0667. The fourth-order valence-electron chi connectivity index (χ4n) is 1.92. The molecule has 2 aromatic carbocycles. The van der Waals surface area contributed by atoms with Gasteiger partial charge in [0.15, 0.2) is 0 Å². The lowest BCUT2D eigenvalue weighted by molar-refractivity contribution is 0.215. The minimum absolute atomic E-state index is 0.529. The number of nitrogens with zero attached hydrogens (tertiary/aromatic N) is 2. The van der Waals surface area contributed by atoms with Gasteiger partial charge in [0, 0.05) is 5.02 Å². The quantitative estimate of drug-likeness (QED) is 0.777. The maximum atomic E-state index is 10.3. The number of fused-ring (bicyclic) bond motifs is 1. The number of aliphatic hydroxyl groups is 1. The first-order valence-electron chi connectivity index (χ1n) is 5.89. The maximum absolute atomic E-state index is 10.3. The lowest BCUT2D eigenvalue weighted by Gasteiger charge is -2.10. The summed E-state index contributed by atoms with van der Waals surface area (Å²) in [5, 5.41) is 10.9. The second-order valence-corrected chi connectivity index (χ2v) is 4.67. The second-order valence-electron chi connectivity index (χ2n) is 4.24. The van der Waals surface area contributed by atoms with E-state index >= 15 is 0 Å². The fourth-order valence-corrected chi connectivity index (χ4v) is 2.05. The molecule has 0 aliphatic rings. The van der Waals surface area contributed by atoms with Crippen LogP contribution in [0.25, 0.3) is 11.0 Å². The van der Waals surface area contributed by atoms with Crippen molar-refractivity contribution in [3.63, 3.8) is 0 Å². The van der Waals surface area contributed by atoms with Crippen molar-refractivity contribution in [1.82, 2.24) is 9.97 Å². The average Bonchev–Trinajstić information content (AvgIpc) is 2.47. The number of rotatable bonds is 2. The van der Waals surface area contributed by atoms with E-state index in [2.05, 4.69) is 9.97 Å². The summed E-state index contributed by atoms with van der Waals surface area (Å²) in [4.78, 5) is 8.73. The summed E-state index contributed by atoms with van der Waals surface area (Å²) < 4.78 is 0. The van der Waals surface area contributed by atoms with Crippen LogP contribution in [0.4, 0.5) is 0 Å². The SMILES string of the molecule is OC(c1ccc(Cl)cc1)c1cnc2ccccc2n1. The molecule has 1 heterocycles. The number of para-hydroxylation sites is 2. The van der Waals surface area contributed by atoms with Gasteiger partial charge < -0.3 is 5.11 Å². The smallest absolute Gasteiger partial charge is 0.123 e. The molecule has 0 spiro atoms. The zero-order chi connectivity index (χ0) is 13.2. The van der Waals surface area contributed by atoms with E-state index in [0.29, 0.717) is 10.7 Å². The topological polar surface area (TPSA) is 46.0 Å². The Morgan fingerprint density at radius 1 is 0.947 bits per heavy atom. The molecule has 3 rings (SSSR count). The summed E-state index contributed by atoms with van der Waals surface area (Å²) >= 11 is 5.83. The van der Waals surface area contributed by atoms with E-state index in [1.807, 2.05) is 24.3 Å². The van der Waals surface area contributed by atoms with Crippen molar-refractivity contribution in [3.8, 4) is 0 Å². The highest BCUT2D eigenvalue weighted by Gasteiger charge is 2.12. The monoisotopic (exact) mass is 270 g/mol. The van der Waals surface area contributed by atoms with E-state index < -0.39 is 6.10 Å². The summed E-state index contributed by atoms with van der Waals surface area (Å²) in [5.74, 6) is 0. The van der Waals surface area contributed by atoms with Crippen LogP contribution in [-0.2, 0) is 0 Å². The molecule has 0 fully saturated rings. The predicted molar refractivity (Wildman–Crippen MR) is 75.1 cm³/mol. The van der Waals surface area contributed by atoms with Crippen LogP contribution in [0.15, 0.2) is 54.7 Å². The molecule has 0 bridgehead atoms. The van der Waals surface area contributed by atoms with Gasteiger partial charge in [-0.05, 0) is 29.8 Å². The Morgan fingerprint density at radius 2 is 1.63 bits per heavy atom. The summed E-state index contributed by atoms with van der Waals surface area (Å²) in [6, 6.07) is 14.6. The first kappa shape index (κ1) is 12.1. The summed E-state index contributed by atoms with van der Waals surface area (Å²) in [7, 11) is 0. The molecule has 0 amide bonds. The molecule has 1 aromatic heterocycles. The van der Waals surface area contributed by atoms with Crippen molar-refractivity contribution < 1.29 is 5.11 Å². The summed E-state index contributed by atoms with van der Waals surface area (Å²) in [6.07, 6.45) is 0.802. The lowest BCUT2D eigenvalue weighted by atomic mass is 10.1. The molecular formula is C15H11ClN2O. The third kappa shape index (κ3) is 2.43. The number of hydrogen-bond acceptors (Lipinski definition) is 3. The maximum Gasteiger partial charge on any atom is 0.123 e.